The Hall–Kier alpha value is -4.62. The molecule has 0 unspecified atom stereocenters. The van der Waals surface area contributed by atoms with Crippen molar-refractivity contribution in [3.05, 3.63) is 119 Å². The first-order valence-corrected chi connectivity index (χ1v) is 13.9. The van der Waals surface area contributed by atoms with Crippen LogP contribution in [-0.4, -0.2) is 26.8 Å². The van der Waals surface area contributed by atoms with Crippen molar-refractivity contribution >= 4 is 44.8 Å². The zero-order chi connectivity index (χ0) is 28.7. The second kappa shape index (κ2) is 12.5. The Kier molecular flexibility index (Phi) is 8.86. The summed E-state index contributed by atoms with van der Waals surface area (Å²) in [7, 11) is -3.87. The monoisotopic (exact) mass is 573 g/mol. The summed E-state index contributed by atoms with van der Waals surface area (Å²) in [6.07, 6.45) is 0. The van der Waals surface area contributed by atoms with E-state index in [1.807, 2.05) is 36.4 Å². The van der Waals surface area contributed by atoms with Gasteiger partial charge in [-0.1, -0.05) is 48.0 Å². The smallest absolute Gasteiger partial charge is 0.273 e. The molecule has 0 aliphatic rings. The quantitative estimate of drug-likeness (QED) is 0.239. The van der Waals surface area contributed by atoms with Crippen molar-refractivity contribution in [1.82, 2.24) is 0 Å². The average molecular weight is 574 g/mol. The number of para-hydroxylation sites is 1. The maximum Gasteiger partial charge on any atom is 0.273 e. The van der Waals surface area contributed by atoms with Crippen LogP contribution in [0.1, 0.15) is 21.5 Å². The van der Waals surface area contributed by atoms with Gasteiger partial charge in [0.2, 0.25) is 10.0 Å². The fourth-order valence-electron chi connectivity index (χ4n) is 3.65. The molecule has 0 bridgehead atoms. The lowest BCUT2D eigenvalue weighted by atomic mass is 10.1. The highest BCUT2D eigenvalue weighted by Crippen LogP contribution is 2.27. The molecule has 2 amide bonds. The standard InChI is InChI=1S/C30H24ClN3O5S/c1-21-18-25(40(32,37)38)13-14-27(21)33-29(35)20-39-28-15-12-23(31)19-26(28)30(36)34(24-10-6-3-7-11-24)17-16-22-8-4-2-5-9-22/h2-15,18-19H,20H2,1H3,(H,33,35)(H2,32,37,38). The van der Waals surface area contributed by atoms with E-state index < -0.39 is 28.4 Å². The number of hydrogen-bond acceptors (Lipinski definition) is 5. The van der Waals surface area contributed by atoms with Crippen LogP contribution >= 0.6 is 11.6 Å². The number of primary sulfonamides is 1. The molecule has 4 aromatic carbocycles. The molecule has 0 radical (unpaired) electrons. The summed E-state index contributed by atoms with van der Waals surface area (Å²) in [6.45, 7) is 1.20. The summed E-state index contributed by atoms with van der Waals surface area (Å²) in [5.74, 6) is 2.11. The van der Waals surface area contributed by atoms with Gasteiger partial charge < -0.3 is 10.1 Å². The van der Waals surface area contributed by atoms with E-state index in [4.69, 9.17) is 21.5 Å². The number of rotatable bonds is 7. The predicted octanol–water partition coefficient (Wildman–Crippen LogP) is 4.97. The van der Waals surface area contributed by atoms with Crippen LogP contribution in [0.4, 0.5) is 11.4 Å². The van der Waals surface area contributed by atoms with Crippen molar-refractivity contribution in [2.75, 3.05) is 16.8 Å². The number of ether oxygens (including phenoxy) is 1. The molecule has 0 aromatic heterocycles. The molecular weight excluding hydrogens is 550 g/mol. The van der Waals surface area contributed by atoms with Crippen LogP contribution in [0.3, 0.4) is 0 Å². The van der Waals surface area contributed by atoms with Crippen LogP contribution < -0.4 is 20.1 Å². The number of carbonyl (C=O) groups is 2. The van der Waals surface area contributed by atoms with Gasteiger partial charge in [-0.2, -0.15) is 0 Å². The number of anilines is 2. The highest BCUT2D eigenvalue weighted by Gasteiger charge is 2.22. The Morgan fingerprint density at radius 3 is 2.27 bits per heavy atom. The van der Waals surface area contributed by atoms with Crippen molar-refractivity contribution in [2.45, 2.75) is 11.8 Å². The third-order valence-corrected chi connectivity index (χ3v) is 6.78. The molecule has 0 saturated heterocycles. The number of amides is 2. The summed E-state index contributed by atoms with van der Waals surface area (Å²) in [6, 6.07) is 29.6. The van der Waals surface area contributed by atoms with Gasteiger partial charge in [0.05, 0.1) is 16.1 Å². The number of aryl methyl sites for hydroxylation is 1. The number of nitrogens with two attached hydrogens (primary N) is 1. The third-order valence-electron chi connectivity index (χ3n) is 5.63. The lowest BCUT2D eigenvalue weighted by Crippen LogP contribution is -2.27. The van der Waals surface area contributed by atoms with Gasteiger partial charge in [0.25, 0.3) is 11.8 Å². The summed E-state index contributed by atoms with van der Waals surface area (Å²) in [5.41, 5.74) is 2.26. The topological polar surface area (TPSA) is 119 Å². The average Bonchev–Trinajstić information content (AvgIpc) is 2.94. The van der Waals surface area contributed by atoms with E-state index in [0.29, 0.717) is 22.0 Å². The van der Waals surface area contributed by atoms with Gasteiger partial charge in [0.15, 0.2) is 6.61 Å². The molecular formula is C30H24ClN3O5S. The maximum atomic E-state index is 13.8. The number of carbonyl (C=O) groups excluding carboxylic acids is 2. The number of nitrogens with one attached hydrogen (secondary N) is 1. The molecule has 3 N–H and O–H groups in total. The van der Waals surface area contributed by atoms with Crippen molar-refractivity contribution in [3.63, 3.8) is 0 Å². The summed E-state index contributed by atoms with van der Waals surface area (Å²) in [5, 5.41) is 8.12. The zero-order valence-electron chi connectivity index (χ0n) is 21.3. The van der Waals surface area contributed by atoms with Crippen molar-refractivity contribution < 1.29 is 22.7 Å². The number of hydrogen-bond donors (Lipinski definition) is 2. The lowest BCUT2D eigenvalue weighted by molar-refractivity contribution is -0.118. The minimum Gasteiger partial charge on any atom is -0.483 e. The molecule has 0 saturated carbocycles. The Balaban J connectivity index is 1.56. The first-order valence-electron chi connectivity index (χ1n) is 11.9. The lowest BCUT2D eigenvalue weighted by Gasteiger charge is -2.18. The largest absolute Gasteiger partial charge is 0.483 e. The predicted molar refractivity (Wildman–Crippen MR) is 155 cm³/mol. The van der Waals surface area contributed by atoms with E-state index in [1.54, 1.807) is 37.3 Å². The van der Waals surface area contributed by atoms with Crippen LogP contribution in [0.15, 0.2) is 102 Å². The Bertz CT molecular complexity index is 1720. The molecule has 0 aliphatic carbocycles. The summed E-state index contributed by atoms with van der Waals surface area (Å²) >= 11 is 6.22. The third kappa shape index (κ3) is 7.27. The molecule has 8 nitrogen and oxygen atoms in total. The minimum absolute atomic E-state index is 0.0677. The normalized spacial score (nSPS) is 10.7. The van der Waals surface area contributed by atoms with Crippen LogP contribution in [0, 0.1) is 18.9 Å². The number of benzene rings is 4. The first-order chi connectivity index (χ1) is 19.1. The van der Waals surface area contributed by atoms with Crippen LogP contribution in [0.2, 0.25) is 5.02 Å². The maximum absolute atomic E-state index is 13.8. The molecule has 0 aliphatic heterocycles. The molecule has 40 heavy (non-hydrogen) atoms. The molecule has 10 heteroatoms. The van der Waals surface area contributed by atoms with Gasteiger partial charge >= 0.3 is 0 Å². The fraction of sp³-hybridized carbons (Fsp3) is 0.0667. The van der Waals surface area contributed by atoms with Gasteiger partial charge in [-0.15, -0.1) is 0 Å². The van der Waals surface area contributed by atoms with Gasteiger partial charge in [-0.25, -0.2) is 18.5 Å². The molecule has 0 fully saturated rings. The number of halogens is 1. The van der Waals surface area contributed by atoms with Crippen molar-refractivity contribution in [1.29, 1.82) is 0 Å². The van der Waals surface area contributed by atoms with E-state index >= 15 is 0 Å². The van der Waals surface area contributed by atoms with E-state index in [9.17, 15) is 18.0 Å². The Morgan fingerprint density at radius 2 is 1.62 bits per heavy atom. The van der Waals surface area contributed by atoms with Gasteiger partial charge in [0.1, 0.15) is 5.75 Å². The highest BCUT2D eigenvalue weighted by molar-refractivity contribution is 7.89. The van der Waals surface area contributed by atoms with Gasteiger partial charge in [-0.3, -0.25) is 9.59 Å². The molecule has 202 valence electrons. The van der Waals surface area contributed by atoms with Crippen LogP contribution in [0.5, 0.6) is 5.75 Å². The first kappa shape index (κ1) is 28.4. The van der Waals surface area contributed by atoms with Crippen molar-refractivity contribution in [2.24, 2.45) is 5.14 Å². The SMILES string of the molecule is Cc1cc(S(N)(=O)=O)ccc1NC(=O)COc1ccc(Cl)cc1C(=O)N(C#Cc1ccccc1)c1ccccc1. The van der Waals surface area contributed by atoms with Gasteiger partial charge in [0, 0.05) is 22.3 Å². The number of sulfonamides is 1. The zero-order valence-corrected chi connectivity index (χ0v) is 22.9. The summed E-state index contributed by atoms with van der Waals surface area (Å²) in [4.78, 5) is 27.6. The molecule has 0 spiro atoms. The fourth-order valence-corrected chi connectivity index (χ4v) is 4.42. The molecule has 4 rings (SSSR count). The Labute approximate surface area is 237 Å². The van der Waals surface area contributed by atoms with E-state index in [-0.39, 0.29) is 16.2 Å². The molecule has 4 aromatic rings. The second-order valence-corrected chi connectivity index (χ2v) is 10.6. The van der Waals surface area contributed by atoms with Crippen molar-refractivity contribution in [3.8, 4) is 17.7 Å². The summed E-state index contributed by atoms with van der Waals surface area (Å²) < 4.78 is 28.9. The number of nitrogens with zero attached hydrogens (tertiary/aromatic N) is 1. The Morgan fingerprint density at radius 1 is 0.950 bits per heavy atom. The van der Waals surface area contributed by atoms with Crippen LogP contribution in [0.25, 0.3) is 0 Å². The molecule has 0 heterocycles. The van der Waals surface area contributed by atoms with E-state index in [0.717, 1.165) is 5.56 Å². The van der Waals surface area contributed by atoms with Gasteiger partial charge in [-0.05, 0) is 79.1 Å². The molecule has 0 atom stereocenters. The van der Waals surface area contributed by atoms with E-state index in [1.165, 1.54) is 35.2 Å². The van der Waals surface area contributed by atoms with Crippen LogP contribution in [-0.2, 0) is 14.8 Å². The minimum atomic E-state index is -3.87. The second-order valence-electron chi connectivity index (χ2n) is 8.58. The van der Waals surface area contributed by atoms with E-state index in [2.05, 4.69) is 17.3 Å². The highest BCUT2D eigenvalue weighted by atomic mass is 35.5.